The monoisotopic (exact) mass is 290 g/mol. The summed E-state index contributed by atoms with van der Waals surface area (Å²) in [5.74, 6) is 7.91. The molecule has 0 bridgehead atoms. The fourth-order valence-corrected chi connectivity index (χ4v) is 2.56. The Labute approximate surface area is 127 Å². The Morgan fingerprint density at radius 2 is 1.71 bits per heavy atom. The Balaban J connectivity index is 1.71. The van der Waals surface area contributed by atoms with Crippen molar-refractivity contribution in [2.75, 3.05) is 33.4 Å². The molecule has 1 aromatic rings. The molecule has 0 amide bonds. The normalized spacial score (nSPS) is 24.8. The first kappa shape index (κ1) is 15.7. The van der Waals surface area contributed by atoms with Crippen LogP contribution in [0.15, 0.2) is 24.3 Å². The summed E-state index contributed by atoms with van der Waals surface area (Å²) in [6, 6.07) is 7.53. The lowest BCUT2D eigenvalue weighted by Gasteiger charge is -2.31. The van der Waals surface area contributed by atoms with Crippen LogP contribution in [-0.2, 0) is 4.74 Å². The highest BCUT2D eigenvalue weighted by Gasteiger charge is 2.24. The zero-order chi connectivity index (χ0) is 15.1. The fraction of sp³-hybridized carbons (Fsp3) is 0.529. The average Bonchev–Trinajstić information content (AvgIpc) is 2.46. The quantitative estimate of drug-likeness (QED) is 0.831. The molecule has 1 aliphatic heterocycles. The second-order valence-corrected chi connectivity index (χ2v) is 5.41. The van der Waals surface area contributed by atoms with Gasteiger partial charge in [0.2, 0.25) is 0 Å². The summed E-state index contributed by atoms with van der Waals surface area (Å²) in [4.78, 5) is 1.48. The van der Waals surface area contributed by atoms with E-state index in [1.165, 1.54) is 4.90 Å². The molecule has 21 heavy (non-hydrogen) atoms. The lowest BCUT2D eigenvalue weighted by atomic mass is 10.2. The first-order valence-corrected chi connectivity index (χ1v) is 7.39. The molecule has 1 saturated heterocycles. The van der Waals surface area contributed by atoms with Crippen LogP contribution in [0.5, 0.6) is 11.5 Å². The average molecular weight is 290 g/mol. The van der Waals surface area contributed by atoms with Crippen molar-refractivity contribution in [3.63, 3.8) is 0 Å². The van der Waals surface area contributed by atoms with Gasteiger partial charge in [-0.25, -0.2) is 0 Å². The summed E-state index contributed by atoms with van der Waals surface area (Å²) < 4.78 is 16.4. The number of hydrogen-bond acceptors (Lipinski definition) is 3. The lowest BCUT2D eigenvalue weighted by molar-refractivity contribution is -0.908. The molecule has 114 valence electrons. The molecule has 0 aliphatic carbocycles. The number of ether oxygens (including phenoxy) is 3. The van der Waals surface area contributed by atoms with E-state index in [0.717, 1.165) is 31.1 Å². The molecule has 0 radical (unpaired) electrons. The van der Waals surface area contributed by atoms with Gasteiger partial charge in [-0.05, 0) is 44.0 Å². The van der Waals surface area contributed by atoms with Crippen molar-refractivity contribution in [3.05, 3.63) is 24.3 Å². The minimum atomic E-state index is 0.320. The van der Waals surface area contributed by atoms with Crippen molar-refractivity contribution in [2.24, 2.45) is 0 Å². The third kappa shape index (κ3) is 5.30. The number of hydrogen-bond donors (Lipinski definition) is 1. The standard InChI is InChI=1S/C17H23NO3/c1-14-12-18(13-15(2)21-14)10-4-5-11-20-17-8-6-16(19-3)7-9-17/h6-9,14-15H,10-13H2,1-3H3/p+1/t14-,15-/m0/s1. The van der Waals surface area contributed by atoms with Gasteiger partial charge in [0.25, 0.3) is 0 Å². The Morgan fingerprint density at radius 1 is 1.10 bits per heavy atom. The molecule has 2 atom stereocenters. The molecule has 0 aromatic heterocycles. The number of quaternary nitrogens is 1. The van der Waals surface area contributed by atoms with Crippen molar-refractivity contribution in [3.8, 4) is 23.3 Å². The van der Waals surface area contributed by atoms with Crippen LogP contribution in [0.2, 0.25) is 0 Å². The predicted molar refractivity (Wildman–Crippen MR) is 81.8 cm³/mol. The lowest BCUT2D eigenvalue weighted by Crippen LogP contribution is -3.15. The van der Waals surface area contributed by atoms with Gasteiger partial charge in [0, 0.05) is 0 Å². The topological polar surface area (TPSA) is 32.1 Å². The van der Waals surface area contributed by atoms with Gasteiger partial charge >= 0.3 is 0 Å². The maximum atomic E-state index is 5.72. The molecule has 1 heterocycles. The Morgan fingerprint density at radius 3 is 2.33 bits per heavy atom. The molecule has 4 nitrogen and oxygen atoms in total. The smallest absolute Gasteiger partial charge is 0.149 e. The van der Waals surface area contributed by atoms with Crippen molar-refractivity contribution in [2.45, 2.75) is 26.1 Å². The van der Waals surface area contributed by atoms with E-state index in [4.69, 9.17) is 14.2 Å². The van der Waals surface area contributed by atoms with Crippen molar-refractivity contribution in [1.82, 2.24) is 0 Å². The highest BCUT2D eigenvalue weighted by molar-refractivity contribution is 5.31. The maximum absolute atomic E-state index is 5.72. The third-order valence-corrected chi connectivity index (χ3v) is 3.45. The predicted octanol–water partition coefficient (Wildman–Crippen LogP) is 0.770. The number of morpholine rings is 1. The molecular formula is C17H24NO3+. The molecule has 0 saturated carbocycles. The van der Waals surface area contributed by atoms with Crippen LogP contribution in [0.4, 0.5) is 0 Å². The van der Waals surface area contributed by atoms with Crippen LogP contribution in [0.3, 0.4) is 0 Å². The zero-order valence-electron chi connectivity index (χ0n) is 13.0. The summed E-state index contributed by atoms with van der Waals surface area (Å²) >= 11 is 0. The van der Waals surface area contributed by atoms with Gasteiger partial charge in [-0.15, -0.1) is 0 Å². The summed E-state index contributed by atoms with van der Waals surface area (Å²) in [6.45, 7) is 7.56. The van der Waals surface area contributed by atoms with Gasteiger partial charge in [0.15, 0.2) is 0 Å². The van der Waals surface area contributed by atoms with Crippen LogP contribution < -0.4 is 14.4 Å². The SMILES string of the molecule is COc1ccc(OCC#CC[NH+]2C[C@H](C)O[C@@H](C)C2)cc1. The van der Waals surface area contributed by atoms with E-state index in [9.17, 15) is 0 Å². The van der Waals surface area contributed by atoms with E-state index < -0.39 is 0 Å². The second-order valence-electron chi connectivity index (χ2n) is 5.41. The highest BCUT2D eigenvalue weighted by atomic mass is 16.5. The van der Waals surface area contributed by atoms with Gasteiger partial charge in [-0.3, -0.25) is 0 Å². The van der Waals surface area contributed by atoms with Crippen LogP contribution >= 0.6 is 0 Å². The number of methoxy groups -OCH3 is 1. The molecule has 1 N–H and O–H groups in total. The molecule has 1 fully saturated rings. The second kappa shape index (κ2) is 7.92. The van der Waals surface area contributed by atoms with Crippen LogP contribution in [0, 0.1) is 11.8 Å². The largest absolute Gasteiger partial charge is 0.497 e. The first-order chi connectivity index (χ1) is 10.2. The van der Waals surface area contributed by atoms with Crippen molar-refractivity contribution < 1.29 is 19.1 Å². The van der Waals surface area contributed by atoms with Gasteiger partial charge < -0.3 is 19.1 Å². The van der Waals surface area contributed by atoms with Crippen molar-refractivity contribution in [1.29, 1.82) is 0 Å². The Hall–Kier alpha value is -1.70. The Kier molecular flexibility index (Phi) is 5.91. The third-order valence-electron chi connectivity index (χ3n) is 3.45. The summed E-state index contributed by atoms with van der Waals surface area (Å²) in [7, 11) is 1.65. The minimum absolute atomic E-state index is 0.320. The molecule has 0 spiro atoms. The molecule has 1 aromatic carbocycles. The number of rotatable bonds is 4. The molecule has 4 heteroatoms. The van der Waals surface area contributed by atoms with Crippen molar-refractivity contribution >= 4 is 0 Å². The first-order valence-electron chi connectivity index (χ1n) is 7.39. The summed E-state index contributed by atoms with van der Waals surface area (Å²) in [5.41, 5.74) is 0. The Bertz CT molecular complexity index is 479. The minimum Gasteiger partial charge on any atom is -0.497 e. The maximum Gasteiger partial charge on any atom is 0.149 e. The summed E-state index contributed by atoms with van der Waals surface area (Å²) in [6.07, 6.45) is 0.641. The van der Waals surface area contributed by atoms with Crippen LogP contribution in [0.25, 0.3) is 0 Å². The van der Waals surface area contributed by atoms with E-state index in [1.807, 2.05) is 24.3 Å². The van der Waals surface area contributed by atoms with E-state index >= 15 is 0 Å². The van der Waals surface area contributed by atoms with Gasteiger partial charge in [0.1, 0.15) is 49.9 Å². The number of nitrogens with one attached hydrogen (secondary N) is 1. The van der Waals surface area contributed by atoms with Gasteiger partial charge in [-0.1, -0.05) is 5.92 Å². The zero-order valence-corrected chi connectivity index (χ0v) is 13.0. The van der Waals surface area contributed by atoms with E-state index in [2.05, 4.69) is 25.7 Å². The van der Waals surface area contributed by atoms with E-state index in [1.54, 1.807) is 7.11 Å². The number of benzene rings is 1. The fourth-order valence-electron chi connectivity index (χ4n) is 2.56. The van der Waals surface area contributed by atoms with E-state index in [0.29, 0.717) is 18.8 Å². The van der Waals surface area contributed by atoms with E-state index in [-0.39, 0.29) is 0 Å². The highest BCUT2D eigenvalue weighted by Crippen LogP contribution is 2.16. The van der Waals surface area contributed by atoms with Crippen LogP contribution in [0.1, 0.15) is 13.8 Å². The molecule has 2 rings (SSSR count). The van der Waals surface area contributed by atoms with Gasteiger partial charge in [0.05, 0.1) is 7.11 Å². The molecular weight excluding hydrogens is 266 g/mol. The summed E-state index contributed by atoms with van der Waals surface area (Å²) in [5, 5.41) is 0. The van der Waals surface area contributed by atoms with Gasteiger partial charge in [-0.2, -0.15) is 0 Å². The molecule has 0 unspecified atom stereocenters. The van der Waals surface area contributed by atoms with Crippen LogP contribution in [-0.4, -0.2) is 45.6 Å². The molecule has 1 aliphatic rings.